The zero-order valence-corrected chi connectivity index (χ0v) is 12.8. The number of carbonyl (C=O) groups is 3. The average molecular weight is 301 g/mol. The quantitative estimate of drug-likeness (QED) is 0.495. The van der Waals surface area contributed by atoms with Crippen LogP contribution in [0.4, 0.5) is 0 Å². The number of fused-ring (bicyclic) bond motifs is 1. The number of amides is 3. The van der Waals surface area contributed by atoms with Crippen LogP contribution in [0.1, 0.15) is 53.8 Å². The monoisotopic (exact) mass is 301 g/mol. The first-order chi connectivity index (χ1) is 10.5. The van der Waals surface area contributed by atoms with E-state index in [1.54, 1.807) is 24.3 Å². The Balaban J connectivity index is 1.85. The second kappa shape index (κ2) is 6.98. The predicted molar refractivity (Wildman–Crippen MR) is 82.6 cm³/mol. The van der Waals surface area contributed by atoms with Gasteiger partial charge in [-0.25, -0.2) is 5.43 Å². The van der Waals surface area contributed by atoms with Crippen molar-refractivity contribution in [2.75, 3.05) is 6.54 Å². The smallest absolute Gasteiger partial charge is 0.261 e. The molecule has 1 aromatic carbocycles. The minimum atomic E-state index is -0.291. The van der Waals surface area contributed by atoms with Crippen LogP contribution >= 0.6 is 0 Å². The molecule has 22 heavy (non-hydrogen) atoms. The third-order valence-electron chi connectivity index (χ3n) is 3.55. The Labute approximate surface area is 129 Å². The molecule has 1 heterocycles. The minimum Gasteiger partial charge on any atom is -0.274 e. The van der Waals surface area contributed by atoms with Gasteiger partial charge >= 0.3 is 0 Å². The summed E-state index contributed by atoms with van der Waals surface area (Å²) >= 11 is 0. The lowest BCUT2D eigenvalue weighted by Crippen LogP contribution is -2.31. The number of imide groups is 1. The van der Waals surface area contributed by atoms with Gasteiger partial charge in [0.05, 0.1) is 11.1 Å². The Morgan fingerprint density at radius 2 is 1.77 bits per heavy atom. The fourth-order valence-electron chi connectivity index (χ4n) is 2.13. The molecule has 0 saturated carbocycles. The summed E-state index contributed by atoms with van der Waals surface area (Å²) in [6.45, 7) is 4.02. The van der Waals surface area contributed by atoms with E-state index in [-0.39, 0.29) is 30.7 Å². The van der Waals surface area contributed by atoms with E-state index < -0.39 is 0 Å². The van der Waals surface area contributed by atoms with Gasteiger partial charge < -0.3 is 0 Å². The molecule has 0 aliphatic carbocycles. The lowest BCUT2D eigenvalue weighted by molar-refractivity contribution is -0.121. The van der Waals surface area contributed by atoms with Gasteiger partial charge in [0.2, 0.25) is 5.91 Å². The molecule has 116 valence electrons. The number of rotatable bonds is 6. The number of benzene rings is 1. The predicted octanol–water partition coefficient (Wildman–Crippen LogP) is 1.96. The second-order valence-corrected chi connectivity index (χ2v) is 5.15. The highest BCUT2D eigenvalue weighted by Crippen LogP contribution is 2.22. The van der Waals surface area contributed by atoms with Gasteiger partial charge in [-0.1, -0.05) is 19.1 Å². The molecule has 2 rings (SSSR count). The van der Waals surface area contributed by atoms with Gasteiger partial charge in [0.15, 0.2) is 0 Å². The van der Waals surface area contributed by atoms with Gasteiger partial charge in [-0.3, -0.25) is 19.3 Å². The highest BCUT2D eigenvalue weighted by molar-refractivity contribution is 6.21. The van der Waals surface area contributed by atoms with Crippen molar-refractivity contribution in [3.63, 3.8) is 0 Å². The van der Waals surface area contributed by atoms with Crippen molar-refractivity contribution in [1.29, 1.82) is 0 Å². The van der Waals surface area contributed by atoms with Crippen LogP contribution in [0.5, 0.6) is 0 Å². The molecule has 0 atom stereocenters. The first kappa shape index (κ1) is 15.9. The number of nitrogens with zero attached hydrogens (tertiary/aromatic N) is 2. The van der Waals surface area contributed by atoms with Crippen LogP contribution in [-0.4, -0.2) is 34.9 Å². The molecule has 0 fully saturated rings. The molecule has 0 saturated heterocycles. The second-order valence-electron chi connectivity index (χ2n) is 5.15. The van der Waals surface area contributed by atoms with Crippen LogP contribution in [-0.2, 0) is 4.79 Å². The highest BCUT2D eigenvalue weighted by Gasteiger charge is 2.34. The van der Waals surface area contributed by atoms with E-state index in [1.165, 1.54) is 4.90 Å². The molecule has 0 aromatic heterocycles. The van der Waals surface area contributed by atoms with E-state index in [0.29, 0.717) is 17.5 Å². The first-order valence-electron chi connectivity index (χ1n) is 7.31. The van der Waals surface area contributed by atoms with Crippen molar-refractivity contribution in [3.8, 4) is 0 Å². The lowest BCUT2D eigenvalue weighted by atomic mass is 10.1. The van der Waals surface area contributed by atoms with Crippen molar-refractivity contribution < 1.29 is 14.4 Å². The third kappa shape index (κ3) is 3.39. The molecule has 1 aromatic rings. The largest absolute Gasteiger partial charge is 0.274 e. The fraction of sp³-hybridized carbons (Fsp3) is 0.375. The summed E-state index contributed by atoms with van der Waals surface area (Å²) in [4.78, 5) is 37.0. The maximum Gasteiger partial charge on any atom is 0.261 e. The van der Waals surface area contributed by atoms with E-state index in [1.807, 2.05) is 13.8 Å². The van der Waals surface area contributed by atoms with E-state index in [4.69, 9.17) is 0 Å². The normalized spacial score (nSPS) is 14.3. The molecule has 6 nitrogen and oxygen atoms in total. The summed E-state index contributed by atoms with van der Waals surface area (Å²) in [6, 6.07) is 6.75. The van der Waals surface area contributed by atoms with Crippen molar-refractivity contribution in [1.82, 2.24) is 10.3 Å². The summed E-state index contributed by atoms with van der Waals surface area (Å²) in [5, 5.41) is 3.92. The zero-order chi connectivity index (χ0) is 16.1. The number of hydrazone groups is 1. The summed E-state index contributed by atoms with van der Waals surface area (Å²) in [5.41, 5.74) is 4.16. The summed E-state index contributed by atoms with van der Waals surface area (Å²) in [6.07, 6.45) is 1.40. The Morgan fingerprint density at radius 1 is 1.18 bits per heavy atom. The Kier molecular flexibility index (Phi) is 5.04. The average Bonchev–Trinajstić information content (AvgIpc) is 2.78. The van der Waals surface area contributed by atoms with Gasteiger partial charge in [-0.15, -0.1) is 0 Å². The minimum absolute atomic E-state index is 0.216. The van der Waals surface area contributed by atoms with Crippen molar-refractivity contribution in [3.05, 3.63) is 35.4 Å². The Bertz CT molecular complexity index is 602. The van der Waals surface area contributed by atoms with Crippen LogP contribution < -0.4 is 5.43 Å². The SMILES string of the molecule is CC/C(C)=N/NC(=O)CCCN1C(=O)c2ccccc2C1=O. The maximum absolute atomic E-state index is 12.1. The van der Waals surface area contributed by atoms with Crippen LogP contribution in [0.2, 0.25) is 0 Å². The van der Waals surface area contributed by atoms with Gasteiger partial charge in [-0.2, -0.15) is 5.10 Å². The molecule has 0 spiro atoms. The molecule has 1 aliphatic rings. The van der Waals surface area contributed by atoms with Crippen LogP contribution in [0.15, 0.2) is 29.4 Å². The molecular weight excluding hydrogens is 282 g/mol. The Hall–Kier alpha value is -2.50. The third-order valence-corrected chi connectivity index (χ3v) is 3.55. The van der Waals surface area contributed by atoms with E-state index in [2.05, 4.69) is 10.5 Å². The van der Waals surface area contributed by atoms with E-state index in [0.717, 1.165) is 12.1 Å². The first-order valence-corrected chi connectivity index (χ1v) is 7.31. The molecule has 0 radical (unpaired) electrons. The van der Waals surface area contributed by atoms with Crippen LogP contribution in [0.3, 0.4) is 0 Å². The molecule has 6 heteroatoms. The van der Waals surface area contributed by atoms with Crippen LogP contribution in [0, 0.1) is 0 Å². The van der Waals surface area contributed by atoms with Gasteiger partial charge in [0, 0.05) is 18.7 Å². The number of hydrogen-bond donors (Lipinski definition) is 1. The Morgan fingerprint density at radius 3 is 2.32 bits per heavy atom. The number of hydrogen-bond acceptors (Lipinski definition) is 4. The number of nitrogens with one attached hydrogen (secondary N) is 1. The number of carbonyl (C=O) groups excluding carboxylic acids is 3. The maximum atomic E-state index is 12.1. The summed E-state index contributed by atoms with van der Waals surface area (Å²) in [5.74, 6) is -0.800. The standard InChI is InChI=1S/C16H19N3O3/c1-3-11(2)17-18-14(20)9-6-10-19-15(21)12-7-4-5-8-13(12)16(19)22/h4-5,7-8H,3,6,9-10H2,1-2H3,(H,18,20)/b17-11+. The zero-order valence-electron chi connectivity index (χ0n) is 12.8. The van der Waals surface area contributed by atoms with Crippen molar-refractivity contribution in [2.45, 2.75) is 33.1 Å². The molecular formula is C16H19N3O3. The molecule has 0 unspecified atom stereocenters. The van der Waals surface area contributed by atoms with Crippen molar-refractivity contribution in [2.24, 2.45) is 5.10 Å². The van der Waals surface area contributed by atoms with Crippen molar-refractivity contribution >= 4 is 23.4 Å². The fourth-order valence-corrected chi connectivity index (χ4v) is 2.13. The van der Waals surface area contributed by atoms with E-state index in [9.17, 15) is 14.4 Å². The molecule has 1 N–H and O–H groups in total. The van der Waals surface area contributed by atoms with Gasteiger partial charge in [0.25, 0.3) is 11.8 Å². The van der Waals surface area contributed by atoms with Gasteiger partial charge in [0.1, 0.15) is 0 Å². The summed E-state index contributed by atoms with van der Waals surface area (Å²) in [7, 11) is 0. The highest BCUT2D eigenvalue weighted by atomic mass is 16.2. The topological polar surface area (TPSA) is 78.8 Å². The molecule has 3 amide bonds. The summed E-state index contributed by atoms with van der Waals surface area (Å²) < 4.78 is 0. The van der Waals surface area contributed by atoms with Gasteiger partial charge in [-0.05, 0) is 31.9 Å². The van der Waals surface area contributed by atoms with E-state index >= 15 is 0 Å². The molecule has 1 aliphatic heterocycles. The molecule has 0 bridgehead atoms. The lowest BCUT2D eigenvalue weighted by Gasteiger charge is -2.13. The van der Waals surface area contributed by atoms with Crippen LogP contribution in [0.25, 0.3) is 0 Å².